The number of hydrogen-bond acceptors (Lipinski definition) is 8. The molecular weight excluding hydrogens is 562 g/mol. The number of nitrogens with zero attached hydrogens (tertiary/aromatic N) is 5. The summed E-state index contributed by atoms with van der Waals surface area (Å²) in [5.74, 6) is 1.25. The van der Waals surface area contributed by atoms with Crippen molar-refractivity contribution in [3.05, 3.63) is 101 Å². The van der Waals surface area contributed by atoms with Crippen LogP contribution < -0.4 is 15.5 Å². The molecular formula is C29H28ClN7O3S. The lowest BCUT2D eigenvalue weighted by atomic mass is 10.1. The number of hydrogen-bond donors (Lipinski definition) is 2. The van der Waals surface area contributed by atoms with Crippen molar-refractivity contribution >= 4 is 61.8 Å². The standard InChI is InChI=1S/C29H28ClN7O3S/c1-36(26-15-16-31-28(34-26)32-23-13-9-21(10-14-23)18-41(2,39)40)19-37-25-6-4-3-5-24(25)33-29(37)35-27(38)17-20-7-11-22(30)12-8-20/h3-16H,17-19H2,1-2H3,(H,31,32,34)(H,33,35,38). The number of nitrogens with one attached hydrogen (secondary N) is 2. The van der Waals surface area contributed by atoms with Gasteiger partial charge in [0.25, 0.3) is 0 Å². The van der Waals surface area contributed by atoms with Crippen LogP contribution in [0, 0.1) is 0 Å². The molecule has 0 saturated heterocycles. The predicted molar refractivity (Wildman–Crippen MR) is 162 cm³/mol. The molecule has 2 heterocycles. The maximum absolute atomic E-state index is 12.9. The molecule has 41 heavy (non-hydrogen) atoms. The first-order valence-corrected chi connectivity index (χ1v) is 15.1. The number of sulfone groups is 1. The molecule has 210 valence electrons. The van der Waals surface area contributed by atoms with Crippen LogP contribution in [0.15, 0.2) is 85.1 Å². The van der Waals surface area contributed by atoms with Crippen molar-refractivity contribution in [3.8, 4) is 0 Å². The number of fused-ring (bicyclic) bond motifs is 1. The summed E-state index contributed by atoms with van der Waals surface area (Å²) >= 11 is 5.97. The fourth-order valence-electron chi connectivity index (χ4n) is 4.29. The third-order valence-corrected chi connectivity index (χ3v) is 7.32. The van der Waals surface area contributed by atoms with E-state index in [2.05, 4.69) is 25.6 Å². The molecule has 0 unspecified atom stereocenters. The third-order valence-electron chi connectivity index (χ3n) is 6.21. The highest BCUT2D eigenvalue weighted by Crippen LogP contribution is 2.23. The van der Waals surface area contributed by atoms with Crippen LogP contribution >= 0.6 is 11.6 Å². The van der Waals surface area contributed by atoms with Gasteiger partial charge in [0.1, 0.15) is 5.82 Å². The molecule has 0 atom stereocenters. The van der Waals surface area contributed by atoms with E-state index in [1.165, 1.54) is 6.26 Å². The zero-order chi connectivity index (χ0) is 29.0. The molecule has 1 amide bonds. The van der Waals surface area contributed by atoms with Gasteiger partial charge in [0.15, 0.2) is 9.84 Å². The fourth-order valence-corrected chi connectivity index (χ4v) is 5.22. The van der Waals surface area contributed by atoms with E-state index in [1.54, 1.807) is 48.7 Å². The summed E-state index contributed by atoms with van der Waals surface area (Å²) in [5.41, 5.74) is 3.90. The minimum atomic E-state index is -3.11. The first-order chi connectivity index (χ1) is 19.6. The van der Waals surface area contributed by atoms with Crippen LogP contribution in [0.5, 0.6) is 0 Å². The number of para-hydroxylation sites is 2. The Bertz CT molecular complexity index is 1790. The fraction of sp³-hybridized carbons (Fsp3) is 0.172. The summed E-state index contributed by atoms with van der Waals surface area (Å²) in [5, 5.41) is 6.73. The molecule has 5 rings (SSSR count). The SMILES string of the molecule is CN(Cn1c(NC(=O)Cc2ccc(Cl)cc2)nc2ccccc21)c1ccnc(Nc2ccc(CS(C)(=O)=O)cc2)n1. The largest absolute Gasteiger partial charge is 0.341 e. The zero-order valence-electron chi connectivity index (χ0n) is 22.5. The van der Waals surface area contributed by atoms with Crippen LogP contribution in [-0.4, -0.2) is 47.1 Å². The van der Waals surface area contributed by atoms with Gasteiger partial charge in [0.2, 0.25) is 17.8 Å². The maximum Gasteiger partial charge on any atom is 0.231 e. The van der Waals surface area contributed by atoms with E-state index in [0.29, 0.717) is 35.0 Å². The van der Waals surface area contributed by atoms with Gasteiger partial charge in [-0.1, -0.05) is 48.0 Å². The van der Waals surface area contributed by atoms with Crippen LogP contribution in [0.1, 0.15) is 11.1 Å². The molecule has 0 bridgehead atoms. The Morgan fingerprint density at radius 1 is 0.951 bits per heavy atom. The van der Waals surface area contributed by atoms with Gasteiger partial charge in [-0.15, -0.1) is 0 Å². The second-order valence-corrected chi connectivity index (χ2v) is 12.3. The first kappa shape index (κ1) is 28.1. The third kappa shape index (κ3) is 7.38. The summed E-state index contributed by atoms with van der Waals surface area (Å²) in [6.07, 6.45) is 3.05. The van der Waals surface area contributed by atoms with Crippen LogP contribution in [-0.2, 0) is 33.5 Å². The highest BCUT2D eigenvalue weighted by molar-refractivity contribution is 7.89. The average molecular weight is 590 g/mol. The number of halogens is 1. The molecule has 12 heteroatoms. The number of imidazole rings is 1. The lowest BCUT2D eigenvalue weighted by molar-refractivity contribution is -0.115. The van der Waals surface area contributed by atoms with Crippen molar-refractivity contribution in [1.82, 2.24) is 19.5 Å². The summed E-state index contributed by atoms with van der Waals surface area (Å²) in [7, 11) is -1.22. The van der Waals surface area contributed by atoms with Crippen molar-refractivity contribution in [2.24, 2.45) is 0 Å². The van der Waals surface area contributed by atoms with E-state index < -0.39 is 9.84 Å². The number of aromatic nitrogens is 4. The molecule has 0 spiro atoms. The van der Waals surface area contributed by atoms with E-state index in [9.17, 15) is 13.2 Å². The minimum Gasteiger partial charge on any atom is -0.341 e. The van der Waals surface area contributed by atoms with Gasteiger partial charge in [-0.25, -0.2) is 18.4 Å². The van der Waals surface area contributed by atoms with Gasteiger partial charge < -0.3 is 10.2 Å². The summed E-state index contributed by atoms with van der Waals surface area (Å²) in [4.78, 5) is 28.4. The number of carbonyl (C=O) groups is 1. The normalized spacial score (nSPS) is 11.4. The van der Waals surface area contributed by atoms with Crippen molar-refractivity contribution < 1.29 is 13.2 Å². The monoisotopic (exact) mass is 589 g/mol. The van der Waals surface area contributed by atoms with Crippen molar-refractivity contribution in [1.29, 1.82) is 0 Å². The van der Waals surface area contributed by atoms with Crippen LogP contribution in [0.4, 0.5) is 23.4 Å². The Morgan fingerprint density at radius 2 is 1.66 bits per heavy atom. The molecule has 0 saturated carbocycles. The Kier molecular flexibility index (Phi) is 8.18. The molecule has 5 aromatic rings. The summed E-state index contributed by atoms with van der Waals surface area (Å²) in [6.45, 7) is 0.355. The molecule has 2 N–H and O–H groups in total. The summed E-state index contributed by atoms with van der Waals surface area (Å²) in [6, 6.07) is 23.7. The summed E-state index contributed by atoms with van der Waals surface area (Å²) < 4.78 is 25.0. The lowest BCUT2D eigenvalue weighted by Gasteiger charge is -2.21. The van der Waals surface area contributed by atoms with E-state index in [-0.39, 0.29) is 18.1 Å². The Hall–Kier alpha value is -4.48. The van der Waals surface area contributed by atoms with Gasteiger partial charge >= 0.3 is 0 Å². The van der Waals surface area contributed by atoms with Crippen molar-refractivity contribution in [3.63, 3.8) is 0 Å². The Labute approximate surface area is 243 Å². The molecule has 0 aliphatic heterocycles. The van der Waals surface area contributed by atoms with Crippen LogP contribution in [0.3, 0.4) is 0 Å². The van der Waals surface area contributed by atoms with E-state index >= 15 is 0 Å². The van der Waals surface area contributed by atoms with Crippen molar-refractivity contribution in [2.45, 2.75) is 18.8 Å². The van der Waals surface area contributed by atoms with Gasteiger partial charge in [0.05, 0.1) is 29.9 Å². The van der Waals surface area contributed by atoms with Gasteiger partial charge in [-0.3, -0.25) is 14.7 Å². The molecule has 10 nitrogen and oxygen atoms in total. The van der Waals surface area contributed by atoms with Crippen LogP contribution in [0.2, 0.25) is 5.02 Å². The van der Waals surface area contributed by atoms with Gasteiger partial charge in [0, 0.05) is 30.2 Å². The maximum atomic E-state index is 12.9. The second kappa shape index (κ2) is 11.9. The molecule has 2 aromatic heterocycles. The lowest BCUT2D eigenvalue weighted by Crippen LogP contribution is -2.25. The smallest absolute Gasteiger partial charge is 0.231 e. The van der Waals surface area contributed by atoms with E-state index in [0.717, 1.165) is 22.3 Å². The highest BCUT2D eigenvalue weighted by atomic mass is 35.5. The van der Waals surface area contributed by atoms with E-state index in [4.69, 9.17) is 11.6 Å². The molecule has 3 aromatic carbocycles. The highest BCUT2D eigenvalue weighted by Gasteiger charge is 2.16. The number of amides is 1. The molecule has 0 aliphatic rings. The molecule has 0 aliphatic carbocycles. The Balaban J connectivity index is 1.32. The zero-order valence-corrected chi connectivity index (χ0v) is 24.0. The predicted octanol–water partition coefficient (Wildman–Crippen LogP) is 5.04. The quantitative estimate of drug-likeness (QED) is 0.232. The first-order valence-electron chi connectivity index (χ1n) is 12.7. The minimum absolute atomic E-state index is 0.0173. The van der Waals surface area contributed by atoms with Crippen LogP contribution in [0.25, 0.3) is 11.0 Å². The number of anilines is 4. The Morgan fingerprint density at radius 3 is 2.39 bits per heavy atom. The van der Waals surface area contributed by atoms with Crippen molar-refractivity contribution in [2.75, 3.05) is 28.8 Å². The number of benzene rings is 3. The second-order valence-electron chi connectivity index (χ2n) is 9.67. The number of rotatable bonds is 10. The van der Waals surface area contributed by atoms with Gasteiger partial charge in [-0.2, -0.15) is 4.98 Å². The average Bonchev–Trinajstić information content (AvgIpc) is 3.27. The van der Waals surface area contributed by atoms with Gasteiger partial charge in [-0.05, 0) is 53.6 Å². The topological polar surface area (TPSA) is 122 Å². The van der Waals surface area contributed by atoms with E-state index in [1.807, 2.05) is 52.9 Å². The molecule has 0 fully saturated rings. The molecule has 0 radical (unpaired) electrons. The number of carbonyl (C=O) groups excluding carboxylic acids is 1.